The Hall–Kier alpha value is 0.110. The fourth-order valence-electron chi connectivity index (χ4n) is 2.10. The molecule has 3 heteroatoms. The Labute approximate surface area is 90.1 Å². The lowest BCUT2D eigenvalue weighted by atomic mass is 9.96. The molecule has 0 heterocycles. The van der Waals surface area contributed by atoms with Gasteiger partial charge in [0.25, 0.3) is 0 Å². The molecule has 1 aliphatic carbocycles. The van der Waals surface area contributed by atoms with Crippen molar-refractivity contribution in [1.82, 2.24) is 0 Å². The lowest BCUT2D eigenvalue weighted by Crippen LogP contribution is -2.41. The zero-order valence-electron chi connectivity index (χ0n) is 9.21. The first-order valence-corrected chi connectivity index (χ1v) is 7.26. The third-order valence-electron chi connectivity index (χ3n) is 3.04. The molecule has 1 aliphatic rings. The highest BCUT2D eigenvalue weighted by Crippen LogP contribution is 2.22. The van der Waals surface area contributed by atoms with Gasteiger partial charge in [-0.3, -0.25) is 4.21 Å². The first-order chi connectivity index (χ1) is 6.75. The van der Waals surface area contributed by atoms with Gasteiger partial charge in [0.1, 0.15) is 0 Å². The minimum absolute atomic E-state index is 0.200. The molecule has 0 bridgehead atoms. The molecule has 1 fully saturated rings. The van der Waals surface area contributed by atoms with Crippen LogP contribution in [0.3, 0.4) is 0 Å². The molecule has 3 unspecified atom stereocenters. The molecule has 1 saturated carbocycles. The summed E-state index contributed by atoms with van der Waals surface area (Å²) in [6.07, 6.45) is 8.11. The molecule has 0 spiro atoms. The lowest BCUT2D eigenvalue weighted by Gasteiger charge is -2.27. The summed E-state index contributed by atoms with van der Waals surface area (Å²) >= 11 is 0. The average molecular weight is 217 g/mol. The molecule has 0 aliphatic heterocycles. The summed E-state index contributed by atoms with van der Waals surface area (Å²) in [5, 5.41) is 0.292. The topological polar surface area (TPSA) is 43.1 Å². The fourth-order valence-corrected chi connectivity index (χ4v) is 3.84. The number of rotatable bonds is 5. The van der Waals surface area contributed by atoms with Crippen molar-refractivity contribution in [3.8, 4) is 0 Å². The highest BCUT2D eigenvalue weighted by molar-refractivity contribution is 7.85. The van der Waals surface area contributed by atoms with Gasteiger partial charge in [-0.15, -0.1) is 0 Å². The second kappa shape index (κ2) is 6.57. The average Bonchev–Trinajstić information content (AvgIpc) is 2.18. The molecular formula is C11H23NOS. The summed E-state index contributed by atoms with van der Waals surface area (Å²) in [7, 11) is -0.663. The normalized spacial score (nSPS) is 30.1. The van der Waals surface area contributed by atoms with Crippen LogP contribution in [0.15, 0.2) is 0 Å². The SMILES string of the molecule is CCCCCS(=O)C1CCCCC1N. The number of unbranched alkanes of at least 4 members (excludes halogenated alkanes) is 2. The molecule has 1 rings (SSSR count). The molecule has 0 radical (unpaired) electrons. The maximum Gasteiger partial charge on any atom is 0.0499 e. The Kier molecular flexibility index (Phi) is 5.71. The quantitative estimate of drug-likeness (QED) is 0.717. The predicted molar refractivity (Wildman–Crippen MR) is 62.8 cm³/mol. The predicted octanol–water partition coefficient (Wildman–Crippen LogP) is 2.20. The van der Waals surface area contributed by atoms with E-state index in [1.165, 1.54) is 25.7 Å². The minimum atomic E-state index is -0.663. The summed E-state index contributed by atoms with van der Waals surface area (Å²) in [5.41, 5.74) is 5.99. The van der Waals surface area contributed by atoms with Crippen molar-refractivity contribution >= 4 is 10.8 Å². The molecule has 2 N–H and O–H groups in total. The summed E-state index contributed by atoms with van der Waals surface area (Å²) in [5.74, 6) is 0.867. The lowest BCUT2D eigenvalue weighted by molar-refractivity contribution is 0.444. The van der Waals surface area contributed by atoms with Gasteiger partial charge in [0, 0.05) is 27.8 Å². The second-order valence-electron chi connectivity index (χ2n) is 4.28. The molecule has 2 nitrogen and oxygen atoms in total. The zero-order valence-corrected chi connectivity index (χ0v) is 10.0. The van der Waals surface area contributed by atoms with E-state index < -0.39 is 10.8 Å². The van der Waals surface area contributed by atoms with E-state index in [0.717, 1.165) is 25.0 Å². The fraction of sp³-hybridized carbons (Fsp3) is 1.00. The van der Waals surface area contributed by atoms with Crippen molar-refractivity contribution in [2.75, 3.05) is 5.75 Å². The van der Waals surface area contributed by atoms with Crippen molar-refractivity contribution < 1.29 is 4.21 Å². The molecule has 14 heavy (non-hydrogen) atoms. The summed E-state index contributed by atoms with van der Waals surface area (Å²) in [4.78, 5) is 0. The zero-order chi connectivity index (χ0) is 10.4. The third-order valence-corrected chi connectivity index (χ3v) is 4.99. The number of hydrogen-bond donors (Lipinski definition) is 1. The summed E-state index contributed by atoms with van der Waals surface area (Å²) in [6.45, 7) is 2.18. The van der Waals surface area contributed by atoms with Gasteiger partial charge >= 0.3 is 0 Å². The van der Waals surface area contributed by atoms with Crippen molar-refractivity contribution in [2.24, 2.45) is 5.73 Å². The third kappa shape index (κ3) is 3.70. The van der Waals surface area contributed by atoms with E-state index in [1.807, 2.05) is 0 Å². The maximum atomic E-state index is 11.9. The van der Waals surface area contributed by atoms with Crippen LogP contribution in [0.25, 0.3) is 0 Å². The van der Waals surface area contributed by atoms with E-state index in [-0.39, 0.29) is 6.04 Å². The van der Waals surface area contributed by atoms with E-state index in [0.29, 0.717) is 5.25 Å². The molecule has 0 saturated heterocycles. The number of nitrogens with two attached hydrogens (primary N) is 1. The maximum absolute atomic E-state index is 11.9. The van der Waals surface area contributed by atoms with E-state index in [9.17, 15) is 4.21 Å². The smallest absolute Gasteiger partial charge is 0.0499 e. The van der Waals surface area contributed by atoms with Crippen LogP contribution < -0.4 is 5.73 Å². The first kappa shape index (κ1) is 12.2. The van der Waals surface area contributed by atoms with Crippen LogP contribution in [0.2, 0.25) is 0 Å². The van der Waals surface area contributed by atoms with Crippen LogP contribution in [0.1, 0.15) is 51.9 Å². The summed E-state index contributed by atoms with van der Waals surface area (Å²) in [6, 6.07) is 0.200. The van der Waals surface area contributed by atoms with Gasteiger partial charge in [-0.2, -0.15) is 0 Å². The van der Waals surface area contributed by atoms with Crippen LogP contribution in [0.4, 0.5) is 0 Å². The van der Waals surface area contributed by atoms with E-state index >= 15 is 0 Å². The highest BCUT2D eigenvalue weighted by Gasteiger charge is 2.26. The van der Waals surface area contributed by atoms with Gasteiger partial charge in [-0.1, -0.05) is 32.6 Å². The van der Waals surface area contributed by atoms with E-state index in [4.69, 9.17) is 5.73 Å². The van der Waals surface area contributed by atoms with Crippen LogP contribution in [0.5, 0.6) is 0 Å². The Morgan fingerprint density at radius 2 is 2.00 bits per heavy atom. The van der Waals surface area contributed by atoms with Gasteiger partial charge in [-0.05, 0) is 19.3 Å². The van der Waals surface area contributed by atoms with Crippen LogP contribution >= 0.6 is 0 Å². The van der Waals surface area contributed by atoms with E-state index in [2.05, 4.69) is 6.92 Å². The summed E-state index contributed by atoms with van der Waals surface area (Å²) < 4.78 is 11.9. The second-order valence-corrected chi connectivity index (χ2v) is 6.05. The van der Waals surface area contributed by atoms with Crippen molar-refractivity contribution in [2.45, 2.75) is 63.2 Å². The van der Waals surface area contributed by atoms with E-state index in [1.54, 1.807) is 0 Å². The Morgan fingerprint density at radius 1 is 1.29 bits per heavy atom. The van der Waals surface area contributed by atoms with Gasteiger partial charge in [0.15, 0.2) is 0 Å². The van der Waals surface area contributed by atoms with Crippen LogP contribution in [-0.2, 0) is 10.8 Å². The van der Waals surface area contributed by atoms with Gasteiger partial charge in [-0.25, -0.2) is 0 Å². The Balaban J connectivity index is 2.27. The first-order valence-electron chi connectivity index (χ1n) is 5.88. The van der Waals surface area contributed by atoms with Crippen molar-refractivity contribution in [3.05, 3.63) is 0 Å². The highest BCUT2D eigenvalue weighted by atomic mass is 32.2. The molecule has 3 atom stereocenters. The van der Waals surface area contributed by atoms with Crippen molar-refractivity contribution in [3.63, 3.8) is 0 Å². The largest absolute Gasteiger partial charge is 0.327 e. The Morgan fingerprint density at radius 3 is 2.64 bits per heavy atom. The van der Waals surface area contributed by atoms with Crippen molar-refractivity contribution in [1.29, 1.82) is 0 Å². The molecule has 0 amide bonds. The van der Waals surface area contributed by atoms with Gasteiger partial charge in [0.2, 0.25) is 0 Å². The Bertz CT molecular complexity index is 184. The van der Waals surface area contributed by atoms with Gasteiger partial charge in [0.05, 0.1) is 0 Å². The molecule has 0 aromatic rings. The molecule has 84 valence electrons. The monoisotopic (exact) mass is 217 g/mol. The van der Waals surface area contributed by atoms with Crippen LogP contribution in [-0.4, -0.2) is 21.3 Å². The molecular weight excluding hydrogens is 194 g/mol. The number of hydrogen-bond acceptors (Lipinski definition) is 2. The molecule has 0 aromatic carbocycles. The van der Waals surface area contributed by atoms with Gasteiger partial charge < -0.3 is 5.73 Å². The molecule has 0 aromatic heterocycles. The minimum Gasteiger partial charge on any atom is -0.327 e. The standard InChI is InChI=1S/C11H23NOS/c1-2-3-6-9-14(13)11-8-5-4-7-10(11)12/h10-11H,2-9,12H2,1H3. The van der Waals surface area contributed by atoms with Crippen LogP contribution in [0, 0.1) is 0 Å².